The van der Waals surface area contributed by atoms with Gasteiger partial charge >= 0.3 is 0 Å². The Balaban J connectivity index is 3.11. The fraction of sp³-hybridized carbons (Fsp3) is 0.730. The lowest BCUT2D eigenvalue weighted by molar-refractivity contribution is -0.671. The Morgan fingerprint density at radius 3 is 1.80 bits per heavy atom. The molecule has 0 aliphatic carbocycles. The van der Waals surface area contributed by atoms with Crippen LogP contribution in [0.3, 0.4) is 0 Å². The number of hydrogen-bond acceptors (Lipinski definition) is 6. The van der Waals surface area contributed by atoms with Crippen LogP contribution in [0.4, 0.5) is 0 Å². The Labute approximate surface area is 295 Å². The predicted octanol–water partition coefficient (Wildman–Crippen LogP) is 2.75. The third-order valence-corrected chi connectivity index (χ3v) is 8.57. The highest BCUT2D eigenvalue weighted by molar-refractivity contribution is 5.98. The maximum atomic E-state index is 13.7. The molecule has 0 aliphatic heterocycles. The molecule has 0 saturated carbocycles. The van der Waals surface area contributed by atoms with Gasteiger partial charge in [-0.15, -0.1) is 0 Å². The number of carbonyl (C=O) groups is 5. The second kappa shape index (κ2) is 22.2. The first kappa shape index (κ1) is 43.5. The van der Waals surface area contributed by atoms with Gasteiger partial charge in [-0.1, -0.05) is 75.2 Å². The summed E-state index contributed by atoms with van der Waals surface area (Å²) in [5.74, 6) is -1.35. The maximum absolute atomic E-state index is 13.7. The van der Waals surface area contributed by atoms with Crippen LogP contribution in [0.1, 0.15) is 112 Å². The van der Waals surface area contributed by atoms with Gasteiger partial charge in [-0.3, -0.25) is 24.0 Å². The third-order valence-electron chi connectivity index (χ3n) is 8.57. The average molecular weight is 689 g/mol. The minimum absolute atomic E-state index is 0.0937. The van der Waals surface area contributed by atoms with Crippen LogP contribution in [0.15, 0.2) is 24.5 Å². The normalized spacial score (nSPS) is 15.1. The molecule has 5 amide bonds. The molecule has 1 heterocycles. The highest BCUT2D eigenvalue weighted by Crippen LogP contribution is 2.13. The summed E-state index contributed by atoms with van der Waals surface area (Å²) in [6.45, 7) is 20.4. The van der Waals surface area contributed by atoms with Crippen molar-refractivity contribution in [3.8, 4) is 0 Å². The minimum Gasteiger partial charge on any atom is -0.355 e. The van der Waals surface area contributed by atoms with Gasteiger partial charge in [0.05, 0.1) is 11.6 Å². The largest absolute Gasteiger partial charge is 0.355 e. The van der Waals surface area contributed by atoms with Crippen molar-refractivity contribution < 1.29 is 28.5 Å². The average Bonchev–Trinajstić information content (AvgIpc) is 3.03. The van der Waals surface area contributed by atoms with Gasteiger partial charge in [0.25, 0.3) is 5.91 Å². The molecule has 0 aromatic carbocycles. The smallest absolute Gasteiger partial charge is 0.252 e. The number of carbonyl (C=O) groups excluding carboxylic acids is 5. The highest BCUT2D eigenvalue weighted by atomic mass is 16.2. The molecule has 0 radical (unpaired) electrons. The molecule has 6 N–H and O–H groups in total. The number of pyridine rings is 1. The number of aromatic nitrogens is 1. The van der Waals surface area contributed by atoms with Crippen molar-refractivity contribution in [3.63, 3.8) is 0 Å². The van der Waals surface area contributed by atoms with Crippen LogP contribution in [0, 0.1) is 23.7 Å². The minimum atomic E-state index is -0.823. The van der Waals surface area contributed by atoms with Gasteiger partial charge in [0.1, 0.15) is 25.2 Å². The molecule has 1 aromatic heterocycles. The van der Waals surface area contributed by atoms with Crippen LogP contribution in [0.5, 0.6) is 0 Å². The van der Waals surface area contributed by atoms with E-state index in [0.717, 1.165) is 0 Å². The van der Waals surface area contributed by atoms with E-state index in [4.69, 9.17) is 0 Å². The molecule has 0 spiro atoms. The van der Waals surface area contributed by atoms with Crippen LogP contribution >= 0.6 is 0 Å². The fourth-order valence-corrected chi connectivity index (χ4v) is 5.57. The lowest BCUT2D eigenvalue weighted by Crippen LogP contribution is -2.58. The number of amides is 5. The second-order valence-corrected chi connectivity index (χ2v) is 14.5. The predicted molar refractivity (Wildman–Crippen MR) is 193 cm³/mol. The summed E-state index contributed by atoms with van der Waals surface area (Å²) >= 11 is 0. The van der Waals surface area contributed by atoms with E-state index in [9.17, 15) is 24.0 Å². The zero-order valence-corrected chi connectivity index (χ0v) is 31.9. The highest BCUT2D eigenvalue weighted by Gasteiger charge is 2.32. The monoisotopic (exact) mass is 689 g/mol. The molecular weight excluding hydrogens is 622 g/mol. The lowest BCUT2D eigenvalue weighted by atomic mass is 9.97. The lowest BCUT2D eigenvalue weighted by Gasteiger charge is -2.30. The summed E-state index contributed by atoms with van der Waals surface area (Å²) in [4.78, 5) is 66.6. The topological polar surface area (TPSA) is 161 Å². The summed E-state index contributed by atoms with van der Waals surface area (Å²) in [5.41, 5.74) is 0.444. The quantitative estimate of drug-likeness (QED) is 0.103. The summed E-state index contributed by atoms with van der Waals surface area (Å²) in [7, 11) is 1.86. The fourth-order valence-electron chi connectivity index (χ4n) is 5.57. The van der Waals surface area contributed by atoms with Gasteiger partial charge in [-0.2, -0.15) is 0 Å². The first-order chi connectivity index (χ1) is 23.0. The first-order valence-electron chi connectivity index (χ1n) is 18.2. The van der Waals surface area contributed by atoms with E-state index in [1.54, 1.807) is 24.5 Å². The van der Waals surface area contributed by atoms with Crippen LogP contribution in [-0.2, 0) is 26.2 Å². The van der Waals surface area contributed by atoms with E-state index in [2.05, 4.69) is 45.7 Å². The van der Waals surface area contributed by atoms with Crippen molar-refractivity contribution in [2.24, 2.45) is 30.7 Å². The van der Waals surface area contributed by atoms with E-state index >= 15 is 0 Å². The summed E-state index contributed by atoms with van der Waals surface area (Å²) in [6.07, 6.45) is 6.46. The van der Waals surface area contributed by atoms with Crippen molar-refractivity contribution in [1.29, 1.82) is 0 Å². The molecule has 0 fully saturated rings. The molecule has 49 heavy (non-hydrogen) atoms. The third kappa shape index (κ3) is 15.7. The number of hydrogen-bond donors (Lipinski definition) is 6. The second-order valence-electron chi connectivity index (χ2n) is 14.5. The van der Waals surface area contributed by atoms with Gasteiger partial charge in [-0.05, 0) is 49.9 Å². The van der Waals surface area contributed by atoms with E-state index in [1.165, 1.54) is 0 Å². The van der Waals surface area contributed by atoms with Gasteiger partial charge in [0.2, 0.25) is 23.6 Å². The van der Waals surface area contributed by atoms with Gasteiger partial charge < -0.3 is 31.9 Å². The van der Waals surface area contributed by atoms with Crippen molar-refractivity contribution in [3.05, 3.63) is 30.1 Å². The molecule has 6 atom stereocenters. The molecule has 1 aromatic rings. The summed E-state index contributed by atoms with van der Waals surface area (Å²) < 4.78 is 1.82. The number of rotatable bonds is 22. The van der Waals surface area contributed by atoms with Crippen LogP contribution in [-0.4, -0.2) is 72.8 Å². The first-order valence-corrected chi connectivity index (χ1v) is 18.2. The van der Waals surface area contributed by atoms with Crippen LogP contribution in [0.2, 0.25) is 0 Å². The molecule has 0 bridgehead atoms. The van der Waals surface area contributed by atoms with Crippen molar-refractivity contribution in [2.45, 2.75) is 132 Å². The van der Waals surface area contributed by atoms with E-state index in [0.29, 0.717) is 50.8 Å². The van der Waals surface area contributed by atoms with E-state index < -0.39 is 30.1 Å². The zero-order chi connectivity index (χ0) is 37.3. The number of aryl methyl sites for hydroxylation is 1. The number of likely N-dealkylation sites (N-methyl/N-ethyl adjacent to an activating group) is 1. The summed E-state index contributed by atoms with van der Waals surface area (Å²) in [5, 5.41) is 18.1. The molecule has 0 unspecified atom stereocenters. The SMILES string of the molecule is CCC[C@H](NC(=O)[C@@H](NC(=O)c1cc[n+](C)cc1)[C@@H](C)CC)C(=O)N[C@H](CN[C@@H](CC(C)C)C(=O)N[C@H](C(=O)NCC)C(C)C)CC(C)C. The molecule has 12 nitrogen and oxygen atoms in total. The molecule has 12 heteroatoms. The van der Waals surface area contributed by atoms with E-state index in [-0.39, 0.29) is 53.3 Å². The van der Waals surface area contributed by atoms with Gasteiger partial charge in [0.15, 0.2) is 12.4 Å². The van der Waals surface area contributed by atoms with Crippen LogP contribution in [0.25, 0.3) is 0 Å². The van der Waals surface area contributed by atoms with Crippen LogP contribution < -0.4 is 36.5 Å². The molecule has 278 valence electrons. The Morgan fingerprint density at radius 2 is 1.29 bits per heavy atom. The maximum Gasteiger partial charge on any atom is 0.252 e. The van der Waals surface area contributed by atoms with Crippen molar-refractivity contribution >= 4 is 29.5 Å². The van der Waals surface area contributed by atoms with Gasteiger partial charge in [-0.25, -0.2) is 4.57 Å². The summed E-state index contributed by atoms with van der Waals surface area (Å²) in [6, 6.07) is 0.214. The Kier molecular flexibility index (Phi) is 19.7. The molecule has 0 aliphatic rings. The number of nitrogens with zero attached hydrogens (tertiary/aromatic N) is 1. The Morgan fingerprint density at radius 1 is 0.694 bits per heavy atom. The zero-order valence-electron chi connectivity index (χ0n) is 31.9. The van der Waals surface area contributed by atoms with Gasteiger partial charge in [0, 0.05) is 31.3 Å². The molecule has 0 saturated heterocycles. The van der Waals surface area contributed by atoms with Crippen molar-refractivity contribution in [2.75, 3.05) is 13.1 Å². The number of nitrogens with one attached hydrogen (secondary N) is 6. The van der Waals surface area contributed by atoms with E-state index in [1.807, 2.05) is 67.0 Å². The Bertz CT molecular complexity index is 1190. The Hall–Kier alpha value is -3.54. The molecule has 1 rings (SSSR count). The van der Waals surface area contributed by atoms with Crippen molar-refractivity contribution in [1.82, 2.24) is 31.9 Å². The standard InChI is InChI=1S/C37H65N7O5/c1-12-15-29(41-37(49)32(26(10)13-2)43-33(45)27-16-18-44(11)19-17-27)34(46)40-28(20-23(4)5)22-39-30(21-24(6)7)35(47)42-31(25(8)9)36(48)38-14-3/h16-19,23-26,28-32,39H,12-15,20-22H2,1-11H3,(H4-,38,40,41,42,43,45,46,47,48,49)/p+1/t26-,28-,29-,30-,31-,32-/m0/s1. The molecular formula is C37H66N7O5+.